The molecule has 0 radical (unpaired) electrons. The number of carbonyl (C=O) groups excluding carboxylic acids is 1. The molecule has 1 amide bonds. The van der Waals surface area contributed by atoms with E-state index in [0.29, 0.717) is 17.4 Å². The summed E-state index contributed by atoms with van der Waals surface area (Å²) < 4.78 is 11.6. The minimum Gasteiger partial charge on any atom is -0.375 e. The zero-order chi connectivity index (χ0) is 19.8. The number of aromatic nitrogens is 3. The number of ether oxygens (including phenoxy) is 1. The third kappa shape index (κ3) is 3.67. The van der Waals surface area contributed by atoms with Crippen molar-refractivity contribution >= 4 is 16.8 Å². The average molecular weight is 394 g/mol. The first-order valence-electron chi connectivity index (χ1n) is 10.4. The standard InChI is InChI=1S/C22H26N4O3/c1-15-23-20(29-25-15)12-16-6-11-28-22(14-16)7-9-26(10-8-22)21(27)19-13-17-4-2-3-5-18(17)24-19/h2-5,13,16,24H,6-12,14H2,1H3. The quantitative estimate of drug-likeness (QED) is 0.735. The fourth-order valence-corrected chi connectivity index (χ4v) is 4.80. The monoisotopic (exact) mass is 394 g/mol. The number of nitrogens with one attached hydrogen (secondary N) is 1. The van der Waals surface area contributed by atoms with Crippen LogP contribution in [0.2, 0.25) is 0 Å². The minimum absolute atomic E-state index is 0.0738. The molecule has 2 aromatic heterocycles. The van der Waals surface area contributed by atoms with Crippen LogP contribution in [-0.2, 0) is 11.2 Å². The number of fused-ring (bicyclic) bond motifs is 1. The molecule has 1 atom stereocenters. The van der Waals surface area contributed by atoms with Gasteiger partial charge in [0.05, 0.1) is 5.60 Å². The van der Waals surface area contributed by atoms with Gasteiger partial charge in [-0.15, -0.1) is 0 Å². The number of amides is 1. The number of carbonyl (C=O) groups is 1. The van der Waals surface area contributed by atoms with Crippen LogP contribution in [0.1, 0.15) is 47.9 Å². The molecular weight excluding hydrogens is 368 g/mol. The molecule has 7 nitrogen and oxygen atoms in total. The maximum absolute atomic E-state index is 13.0. The van der Waals surface area contributed by atoms with Crippen molar-refractivity contribution in [2.75, 3.05) is 19.7 Å². The summed E-state index contributed by atoms with van der Waals surface area (Å²) in [5.74, 6) is 1.96. The average Bonchev–Trinajstić information content (AvgIpc) is 3.34. The zero-order valence-corrected chi connectivity index (χ0v) is 16.7. The zero-order valence-electron chi connectivity index (χ0n) is 16.7. The largest absolute Gasteiger partial charge is 0.375 e. The lowest BCUT2D eigenvalue weighted by Crippen LogP contribution is -2.51. The lowest BCUT2D eigenvalue weighted by Gasteiger charge is -2.46. The molecule has 2 fully saturated rings. The molecule has 4 heterocycles. The molecule has 7 heteroatoms. The molecule has 1 spiro atoms. The number of benzene rings is 1. The number of aryl methyl sites for hydroxylation is 1. The normalized spacial score (nSPS) is 21.7. The predicted octanol–water partition coefficient (Wildman–Crippen LogP) is 3.50. The Morgan fingerprint density at radius 3 is 2.90 bits per heavy atom. The van der Waals surface area contributed by atoms with Gasteiger partial charge in [-0.3, -0.25) is 4.79 Å². The Kier molecular flexibility index (Phi) is 4.62. The Morgan fingerprint density at radius 2 is 2.14 bits per heavy atom. The summed E-state index contributed by atoms with van der Waals surface area (Å²) in [6, 6.07) is 9.93. The van der Waals surface area contributed by atoms with Crippen LogP contribution in [0.25, 0.3) is 10.9 Å². The highest BCUT2D eigenvalue weighted by Gasteiger charge is 2.41. The van der Waals surface area contributed by atoms with E-state index in [1.807, 2.05) is 42.2 Å². The van der Waals surface area contributed by atoms with Crippen LogP contribution in [0.15, 0.2) is 34.9 Å². The van der Waals surface area contributed by atoms with Crippen LogP contribution in [0, 0.1) is 12.8 Å². The van der Waals surface area contributed by atoms with Gasteiger partial charge in [0, 0.05) is 37.0 Å². The number of rotatable bonds is 3. The Balaban J connectivity index is 1.22. The topological polar surface area (TPSA) is 84.3 Å². The number of likely N-dealkylation sites (tertiary alicyclic amines) is 1. The van der Waals surface area contributed by atoms with E-state index in [0.717, 1.165) is 68.6 Å². The summed E-state index contributed by atoms with van der Waals surface area (Å²) in [6.45, 7) is 4.05. The van der Waals surface area contributed by atoms with Crippen LogP contribution in [0.3, 0.4) is 0 Å². The highest BCUT2D eigenvalue weighted by Crippen LogP contribution is 2.39. The van der Waals surface area contributed by atoms with Crippen LogP contribution in [0.5, 0.6) is 0 Å². The first-order valence-corrected chi connectivity index (χ1v) is 10.4. The van der Waals surface area contributed by atoms with Gasteiger partial charge in [-0.1, -0.05) is 23.4 Å². The van der Waals surface area contributed by atoms with E-state index < -0.39 is 0 Å². The maximum atomic E-state index is 13.0. The lowest BCUT2D eigenvalue weighted by atomic mass is 9.78. The molecule has 2 saturated heterocycles. The molecule has 1 N–H and O–H groups in total. The molecule has 2 aliphatic rings. The molecular formula is C22H26N4O3. The summed E-state index contributed by atoms with van der Waals surface area (Å²) in [5, 5.41) is 4.96. The molecule has 1 unspecified atom stereocenters. The number of hydrogen-bond donors (Lipinski definition) is 1. The molecule has 1 aromatic carbocycles. The maximum Gasteiger partial charge on any atom is 0.270 e. The van der Waals surface area contributed by atoms with Crippen LogP contribution in [-0.4, -0.2) is 51.2 Å². The molecule has 5 rings (SSSR count). The molecule has 152 valence electrons. The second-order valence-corrected chi connectivity index (χ2v) is 8.39. The van der Waals surface area contributed by atoms with E-state index in [9.17, 15) is 4.79 Å². The third-order valence-corrected chi connectivity index (χ3v) is 6.35. The molecule has 0 aliphatic carbocycles. The predicted molar refractivity (Wildman–Crippen MR) is 108 cm³/mol. The number of nitrogens with zero attached hydrogens (tertiary/aromatic N) is 3. The summed E-state index contributed by atoms with van der Waals surface area (Å²) >= 11 is 0. The van der Waals surface area contributed by atoms with Gasteiger partial charge in [0.2, 0.25) is 5.89 Å². The molecule has 3 aromatic rings. The van der Waals surface area contributed by atoms with Crippen molar-refractivity contribution in [3.05, 3.63) is 47.7 Å². The van der Waals surface area contributed by atoms with E-state index >= 15 is 0 Å². The Morgan fingerprint density at radius 1 is 1.31 bits per heavy atom. The second kappa shape index (κ2) is 7.30. The summed E-state index contributed by atoms with van der Waals surface area (Å²) in [6.07, 6.45) is 4.56. The van der Waals surface area contributed by atoms with Crippen molar-refractivity contribution in [2.24, 2.45) is 5.92 Å². The summed E-state index contributed by atoms with van der Waals surface area (Å²) in [4.78, 5) is 22.5. The molecule has 0 saturated carbocycles. The van der Waals surface area contributed by atoms with Gasteiger partial charge < -0.3 is 19.1 Å². The summed E-state index contributed by atoms with van der Waals surface area (Å²) in [7, 11) is 0. The van der Waals surface area contributed by atoms with Crippen molar-refractivity contribution in [1.82, 2.24) is 20.0 Å². The molecule has 0 bridgehead atoms. The van der Waals surface area contributed by atoms with Crippen LogP contribution >= 0.6 is 0 Å². The molecule has 2 aliphatic heterocycles. The van der Waals surface area contributed by atoms with Crippen LogP contribution < -0.4 is 0 Å². The van der Waals surface area contributed by atoms with Crippen molar-refractivity contribution in [2.45, 2.75) is 44.6 Å². The van der Waals surface area contributed by atoms with Gasteiger partial charge in [0.25, 0.3) is 5.91 Å². The number of piperidine rings is 1. The Hall–Kier alpha value is -2.67. The first-order chi connectivity index (χ1) is 14.1. The van der Waals surface area contributed by atoms with Crippen molar-refractivity contribution < 1.29 is 14.1 Å². The smallest absolute Gasteiger partial charge is 0.270 e. The third-order valence-electron chi connectivity index (χ3n) is 6.35. The summed E-state index contributed by atoms with van der Waals surface area (Å²) in [5.41, 5.74) is 1.53. The van der Waals surface area contributed by atoms with Gasteiger partial charge in [-0.25, -0.2) is 0 Å². The second-order valence-electron chi connectivity index (χ2n) is 8.39. The highest BCUT2D eigenvalue weighted by molar-refractivity contribution is 5.98. The fourth-order valence-electron chi connectivity index (χ4n) is 4.80. The first kappa shape index (κ1) is 18.4. The van der Waals surface area contributed by atoms with Gasteiger partial charge in [0.1, 0.15) is 5.69 Å². The van der Waals surface area contributed by atoms with E-state index in [1.165, 1.54) is 0 Å². The number of hydrogen-bond acceptors (Lipinski definition) is 5. The number of H-pyrrole nitrogens is 1. The lowest BCUT2D eigenvalue weighted by molar-refractivity contribution is -0.124. The van der Waals surface area contributed by atoms with Gasteiger partial charge in [-0.05, 0) is 50.7 Å². The SMILES string of the molecule is Cc1noc(CC2CCOC3(CCN(C(=O)c4cc5ccccc5[nH]4)CC3)C2)n1. The number of para-hydroxylation sites is 1. The van der Waals surface area contributed by atoms with Crippen molar-refractivity contribution in [1.29, 1.82) is 0 Å². The van der Waals surface area contributed by atoms with Gasteiger partial charge in [0.15, 0.2) is 5.82 Å². The minimum atomic E-state index is -0.130. The highest BCUT2D eigenvalue weighted by atomic mass is 16.5. The fraction of sp³-hybridized carbons (Fsp3) is 0.500. The van der Waals surface area contributed by atoms with Crippen molar-refractivity contribution in [3.8, 4) is 0 Å². The van der Waals surface area contributed by atoms with E-state index in [2.05, 4.69) is 15.1 Å². The Bertz CT molecular complexity index is 983. The molecule has 29 heavy (non-hydrogen) atoms. The van der Waals surface area contributed by atoms with Gasteiger partial charge in [-0.2, -0.15) is 4.98 Å². The Labute approximate surface area is 169 Å². The number of aromatic amines is 1. The van der Waals surface area contributed by atoms with Crippen molar-refractivity contribution in [3.63, 3.8) is 0 Å². The van der Waals surface area contributed by atoms with E-state index in [4.69, 9.17) is 9.26 Å². The van der Waals surface area contributed by atoms with E-state index in [1.54, 1.807) is 0 Å². The van der Waals surface area contributed by atoms with E-state index in [-0.39, 0.29) is 11.5 Å². The van der Waals surface area contributed by atoms with Crippen LogP contribution in [0.4, 0.5) is 0 Å². The van der Waals surface area contributed by atoms with Gasteiger partial charge >= 0.3 is 0 Å².